The molecule has 3 N–H and O–H groups in total. The zero-order chi connectivity index (χ0) is 17.6. The number of amides is 2. The minimum Gasteiger partial charge on any atom is -0.339 e. The van der Waals surface area contributed by atoms with Crippen molar-refractivity contribution in [3.8, 4) is 0 Å². The van der Waals surface area contributed by atoms with Gasteiger partial charge >= 0.3 is 0 Å². The molecule has 2 aromatic heterocycles. The third-order valence-corrected chi connectivity index (χ3v) is 3.73. The number of nitrogens with zero attached hydrogens (tertiary/aromatic N) is 2. The van der Waals surface area contributed by atoms with Crippen LogP contribution in [0.5, 0.6) is 0 Å². The van der Waals surface area contributed by atoms with E-state index < -0.39 is 6.04 Å². The van der Waals surface area contributed by atoms with Crippen molar-refractivity contribution in [3.63, 3.8) is 0 Å². The van der Waals surface area contributed by atoms with E-state index in [0.717, 1.165) is 17.5 Å². The van der Waals surface area contributed by atoms with Crippen molar-refractivity contribution in [2.75, 3.05) is 5.32 Å². The number of imidazole rings is 1. The Hall–Kier alpha value is -3.22. The molecule has 0 aliphatic rings. The highest BCUT2D eigenvalue weighted by Gasteiger charge is 2.22. The van der Waals surface area contributed by atoms with Crippen LogP contribution in [0.15, 0.2) is 48.7 Å². The lowest BCUT2D eigenvalue weighted by Crippen LogP contribution is -2.44. The van der Waals surface area contributed by atoms with Gasteiger partial charge in [-0.25, -0.2) is 4.98 Å². The Bertz CT molecular complexity index is 842. The van der Waals surface area contributed by atoms with E-state index in [4.69, 9.17) is 0 Å². The van der Waals surface area contributed by atoms with Crippen molar-refractivity contribution in [3.05, 3.63) is 54.4 Å². The van der Waals surface area contributed by atoms with E-state index in [2.05, 4.69) is 25.6 Å². The van der Waals surface area contributed by atoms with E-state index in [-0.39, 0.29) is 17.5 Å². The van der Waals surface area contributed by atoms with E-state index >= 15 is 0 Å². The molecule has 0 radical (unpaired) electrons. The first kappa shape index (κ1) is 16.6. The Morgan fingerprint density at radius 2 is 1.96 bits per heavy atom. The summed E-state index contributed by atoms with van der Waals surface area (Å²) in [6.07, 6.45) is 2.81. The van der Waals surface area contributed by atoms with Gasteiger partial charge in [-0.15, -0.1) is 0 Å². The Balaban J connectivity index is 1.70. The van der Waals surface area contributed by atoms with Crippen LogP contribution in [0.25, 0.3) is 11.0 Å². The topological polar surface area (TPSA) is 99.8 Å². The monoisotopic (exact) mass is 337 g/mol. The Morgan fingerprint density at radius 1 is 1.16 bits per heavy atom. The SMILES string of the molecule is CCC[C@@H](NC(=O)c1ccccn1)C(=O)Nc1nc2ccccc2[nH]1. The molecule has 0 unspecified atom stereocenters. The number of carbonyl (C=O) groups is 2. The number of benzene rings is 1. The molecule has 3 rings (SSSR count). The normalized spacial score (nSPS) is 11.9. The first-order valence-corrected chi connectivity index (χ1v) is 8.15. The van der Waals surface area contributed by atoms with Crippen LogP contribution >= 0.6 is 0 Å². The molecule has 0 aliphatic carbocycles. The summed E-state index contributed by atoms with van der Waals surface area (Å²) >= 11 is 0. The third-order valence-electron chi connectivity index (χ3n) is 3.73. The number of hydrogen-bond acceptors (Lipinski definition) is 4. The van der Waals surface area contributed by atoms with Gasteiger partial charge in [-0.2, -0.15) is 0 Å². The fourth-order valence-electron chi connectivity index (χ4n) is 2.50. The maximum Gasteiger partial charge on any atom is 0.270 e. The number of para-hydroxylation sites is 2. The average molecular weight is 337 g/mol. The number of fused-ring (bicyclic) bond motifs is 1. The van der Waals surface area contributed by atoms with Crippen LogP contribution in [0.1, 0.15) is 30.3 Å². The zero-order valence-corrected chi connectivity index (χ0v) is 13.8. The van der Waals surface area contributed by atoms with Gasteiger partial charge in [0.25, 0.3) is 5.91 Å². The Labute approximate surface area is 144 Å². The number of hydrogen-bond donors (Lipinski definition) is 3. The first-order chi connectivity index (χ1) is 12.2. The van der Waals surface area contributed by atoms with Gasteiger partial charge in [-0.05, 0) is 30.7 Å². The molecular weight excluding hydrogens is 318 g/mol. The van der Waals surface area contributed by atoms with Crippen LogP contribution in [-0.4, -0.2) is 32.8 Å². The van der Waals surface area contributed by atoms with Gasteiger partial charge in [0.05, 0.1) is 11.0 Å². The molecule has 0 bridgehead atoms. The fraction of sp³-hybridized carbons (Fsp3) is 0.222. The van der Waals surface area contributed by atoms with Crippen LogP contribution < -0.4 is 10.6 Å². The van der Waals surface area contributed by atoms with Crippen LogP contribution in [0.2, 0.25) is 0 Å². The van der Waals surface area contributed by atoms with Gasteiger partial charge < -0.3 is 10.3 Å². The second-order valence-corrected chi connectivity index (χ2v) is 5.62. The number of H-pyrrole nitrogens is 1. The molecule has 2 heterocycles. The first-order valence-electron chi connectivity index (χ1n) is 8.15. The predicted octanol–water partition coefficient (Wildman–Crippen LogP) is 2.50. The highest BCUT2D eigenvalue weighted by atomic mass is 16.2. The summed E-state index contributed by atoms with van der Waals surface area (Å²) in [6, 6.07) is 11.9. The molecule has 0 spiro atoms. The van der Waals surface area contributed by atoms with E-state index in [0.29, 0.717) is 12.4 Å². The zero-order valence-electron chi connectivity index (χ0n) is 13.8. The van der Waals surface area contributed by atoms with Crippen LogP contribution in [0.3, 0.4) is 0 Å². The lowest BCUT2D eigenvalue weighted by molar-refractivity contribution is -0.118. The van der Waals surface area contributed by atoms with E-state index in [9.17, 15) is 9.59 Å². The van der Waals surface area contributed by atoms with Crippen LogP contribution in [0.4, 0.5) is 5.95 Å². The number of rotatable bonds is 6. The standard InChI is InChI=1S/C18H19N5O2/c1-2-7-15(20-16(24)14-10-5-6-11-19-14)17(25)23-18-21-12-8-3-4-9-13(12)22-18/h3-6,8-11,15H,2,7H2,1H3,(H,20,24)(H2,21,22,23,25)/t15-/m1/s1. The minimum atomic E-state index is -0.660. The van der Waals surface area contributed by atoms with E-state index in [1.165, 1.54) is 6.20 Å². The van der Waals surface area contributed by atoms with Gasteiger partial charge in [-0.3, -0.25) is 19.9 Å². The molecule has 128 valence electrons. The molecule has 7 nitrogen and oxygen atoms in total. The summed E-state index contributed by atoms with van der Waals surface area (Å²) in [7, 11) is 0. The quantitative estimate of drug-likeness (QED) is 0.643. The number of nitrogens with one attached hydrogen (secondary N) is 3. The number of anilines is 1. The van der Waals surface area contributed by atoms with Crippen molar-refractivity contribution in [1.82, 2.24) is 20.3 Å². The van der Waals surface area contributed by atoms with Crippen LogP contribution in [-0.2, 0) is 4.79 Å². The van der Waals surface area contributed by atoms with Gasteiger partial charge in [0.1, 0.15) is 11.7 Å². The smallest absolute Gasteiger partial charge is 0.270 e. The second-order valence-electron chi connectivity index (χ2n) is 5.62. The number of aromatic nitrogens is 3. The van der Waals surface area contributed by atoms with E-state index in [1.807, 2.05) is 31.2 Å². The second kappa shape index (κ2) is 7.57. The highest BCUT2D eigenvalue weighted by Crippen LogP contribution is 2.14. The fourth-order valence-corrected chi connectivity index (χ4v) is 2.50. The minimum absolute atomic E-state index is 0.278. The maximum atomic E-state index is 12.5. The lowest BCUT2D eigenvalue weighted by atomic mass is 10.1. The number of carbonyl (C=O) groups excluding carboxylic acids is 2. The summed E-state index contributed by atoms with van der Waals surface area (Å²) in [5, 5.41) is 5.47. The molecule has 7 heteroatoms. The molecule has 0 saturated heterocycles. The van der Waals surface area contributed by atoms with Crippen molar-refractivity contribution in [2.45, 2.75) is 25.8 Å². The Morgan fingerprint density at radius 3 is 2.68 bits per heavy atom. The molecule has 0 saturated carbocycles. The summed E-state index contributed by atoms with van der Waals surface area (Å²) in [5.41, 5.74) is 1.88. The summed E-state index contributed by atoms with van der Waals surface area (Å²) < 4.78 is 0. The van der Waals surface area contributed by atoms with Gasteiger partial charge in [0, 0.05) is 6.20 Å². The molecule has 2 amide bonds. The van der Waals surface area contributed by atoms with Gasteiger partial charge in [0.2, 0.25) is 11.9 Å². The van der Waals surface area contributed by atoms with Crippen molar-refractivity contribution >= 4 is 28.8 Å². The number of aromatic amines is 1. The molecule has 1 aromatic carbocycles. The van der Waals surface area contributed by atoms with Gasteiger partial charge in [0.15, 0.2) is 0 Å². The van der Waals surface area contributed by atoms with Crippen molar-refractivity contribution < 1.29 is 9.59 Å². The summed E-state index contributed by atoms with van der Waals surface area (Å²) in [4.78, 5) is 36.2. The maximum absolute atomic E-state index is 12.5. The summed E-state index contributed by atoms with van der Waals surface area (Å²) in [5.74, 6) is -0.330. The molecule has 3 aromatic rings. The van der Waals surface area contributed by atoms with Crippen LogP contribution in [0, 0.1) is 0 Å². The molecule has 25 heavy (non-hydrogen) atoms. The highest BCUT2D eigenvalue weighted by molar-refractivity contribution is 6.00. The molecule has 0 fully saturated rings. The van der Waals surface area contributed by atoms with E-state index in [1.54, 1.807) is 18.2 Å². The summed E-state index contributed by atoms with van der Waals surface area (Å²) in [6.45, 7) is 1.95. The van der Waals surface area contributed by atoms with Crippen molar-refractivity contribution in [1.29, 1.82) is 0 Å². The largest absolute Gasteiger partial charge is 0.339 e. The lowest BCUT2D eigenvalue weighted by Gasteiger charge is -2.16. The van der Waals surface area contributed by atoms with Gasteiger partial charge in [-0.1, -0.05) is 31.5 Å². The number of pyridine rings is 1. The molecule has 0 aliphatic heterocycles. The van der Waals surface area contributed by atoms with Crippen molar-refractivity contribution in [2.24, 2.45) is 0 Å². The predicted molar refractivity (Wildman–Crippen MR) is 95.1 cm³/mol. The molecular formula is C18H19N5O2. The Kier molecular flexibility index (Phi) is 5.03. The molecule has 1 atom stereocenters. The third kappa shape index (κ3) is 4.00. The average Bonchev–Trinajstić information content (AvgIpc) is 3.04.